The van der Waals surface area contributed by atoms with E-state index in [1.165, 1.54) is 0 Å². The van der Waals surface area contributed by atoms with Crippen molar-refractivity contribution in [2.45, 2.75) is 20.4 Å². The lowest BCUT2D eigenvalue weighted by molar-refractivity contribution is 0.186. The van der Waals surface area contributed by atoms with Gasteiger partial charge in [-0.25, -0.2) is 0 Å². The lowest BCUT2D eigenvalue weighted by Crippen LogP contribution is -2.07. The van der Waals surface area contributed by atoms with Gasteiger partial charge in [0.2, 0.25) is 0 Å². The van der Waals surface area contributed by atoms with Crippen molar-refractivity contribution in [3.63, 3.8) is 0 Å². The summed E-state index contributed by atoms with van der Waals surface area (Å²) in [5.74, 6) is 0. The third kappa shape index (κ3) is 3.41. The maximum Gasteiger partial charge on any atom is 0.0998 e. The van der Waals surface area contributed by atoms with Gasteiger partial charge >= 0.3 is 0 Å². The molecule has 2 rings (SSSR count). The van der Waals surface area contributed by atoms with Crippen LogP contribution in [-0.2, 0) is 11.3 Å². The summed E-state index contributed by atoms with van der Waals surface area (Å²) < 4.78 is 7.34. The molecule has 0 atom stereocenters. The molecule has 0 aliphatic heterocycles. The number of rotatable bonds is 5. The molecule has 0 saturated heterocycles. The second-order valence-electron chi connectivity index (χ2n) is 5.12. The second kappa shape index (κ2) is 7.31. The Morgan fingerprint density at radius 3 is 2.73 bits per heavy atom. The first-order valence-electron chi connectivity index (χ1n) is 7.11. The molecule has 114 valence electrons. The van der Waals surface area contributed by atoms with E-state index < -0.39 is 0 Å². The van der Waals surface area contributed by atoms with Crippen molar-refractivity contribution in [1.29, 1.82) is 5.26 Å². The number of aromatic nitrogens is 1. The summed E-state index contributed by atoms with van der Waals surface area (Å²) in [5, 5.41) is 10.1. The zero-order chi connectivity index (χ0) is 16.1. The predicted molar refractivity (Wildman–Crippen MR) is 90.7 cm³/mol. The zero-order valence-corrected chi connectivity index (χ0v) is 13.8. The monoisotopic (exact) mass is 314 g/mol. The quantitative estimate of drug-likeness (QED) is 0.764. The minimum absolute atomic E-state index is 0.567. The van der Waals surface area contributed by atoms with Crippen LogP contribution in [0.4, 0.5) is 0 Å². The Hall–Kier alpha value is -2.02. The predicted octanol–water partition coefficient (Wildman–Crippen LogP) is 4.47. The highest BCUT2D eigenvalue weighted by molar-refractivity contribution is 6.32. The first-order chi connectivity index (χ1) is 10.6. The normalized spacial score (nSPS) is 11.5. The van der Waals surface area contributed by atoms with Gasteiger partial charge in [-0.2, -0.15) is 5.26 Å². The van der Waals surface area contributed by atoms with Gasteiger partial charge in [-0.05, 0) is 37.6 Å². The fraction of sp³-hybridized carbons (Fsp3) is 0.278. The van der Waals surface area contributed by atoms with Gasteiger partial charge in [0.05, 0.1) is 18.2 Å². The molecular formula is C18H19ClN2O. The topological polar surface area (TPSA) is 38.0 Å². The second-order valence-corrected chi connectivity index (χ2v) is 5.53. The molecule has 1 aromatic heterocycles. The average Bonchev–Trinajstić information content (AvgIpc) is 2.78. The first kappa shape index (κ1) is 16.4. The standard InChI is InChI=1S/C18H19ClN2O/c1-13-10-15(14(2)21(13)8-9-22-3)11-16(12-20)17-6-4-5-7-18(17)19/h4-7,10-11H,8-9H2,1-3H3. The fourth-order valence-electron chi connectivity index (χ4n) is 2.51. The Morgan fingerprint density at radius 2 is 2.09 bits per heavy atom. The number of nitrogens with zero attached hydrogens (tertiary/aromatic N) is 2. The highest BCUT2D eigenvalue weighted by Gasteiger charge is 2.10. The van der Waals surface area contributed by atoms with Gasteiger partial charge in [-0.3, -0.25) is 0 Å². The molecule has 1 aromatic carbocycles. The van der Waals surface area contributed by atoms with Gasteiger partial charge < -0.3 is 9.30 Å². The summed E-state index contributed by atoms with van der Waals surface area (Å²) in [5.41, 5.74) is 4.63. The summed E-state index contributed by atoms with van der Waals surface area (Å²) in [6, 6.07) is 11.7. The summed E-state index contributed by atoms with van der Waals surface area (Å²) in [6.45, 7) is 5.57. The van der Waals surface area contributed by atoms with Crippen LogP contribution in [0.2, 0.25) is 5.02 Å². The van der Waals surface area contributed by atoms with Crippen LogP contribution >= 0.6 is 11.6 Å². The van der Waals surface area contributed by atoms with Crippen LogP contribution in [0.15, 0.2) is 30.3 Å². The van der Waals surface area contributed by atoms with Crippen molar-refractivity contribution in [2.24, 2.45) is 0 Å². The minimum Gasteiger partial charge on any atom is -0.383 e. The molecule has 0 aliphatic carbocycles. The third-order valence-corrected chi connectivity index (χ3v) is 4.05. The summed E-state index contributed by atoms with van der Waals surface area (Å²) >= 11 is 6.20. The molecule has 0 aliphatic rings. The summed E-state index contributed by atoms with van der Waals surface area (Å²) in [6.07, 6.45) is 1.90. The highest BCUT2D eigenvalue weighted by Crippen LogP contribution is 2.27. The Labute approximate surface area is 136 Å². The Kier molecular flexibility index (Phi) is 5.43. The van der Waals surface area contributed by atoms with E-state index in [1.54, 1.807) is 13.2 Å². The maximum atomic E-state index is 9.47. The van der Waals surface area contributed by atoms with Gasteiger partial charge in [0.15, 0.2) is 0 Å². The van der Waals surface area contributed by atoms with Gasteiger partial charge in [0, 0.05) is 35.6 Å². The van der Waals surface area contributed by atoms with E-state index in [2.05, 4.69) is 30.6 Å². The van der Waals surface area contributed by atoms with E-state index in [9.17, 15) is 5.26 Å². The number of aryl methyl sites for hydroxylation is 1. The van der Waals surface area contributed by atoms with Gasteiger partial charge in [-0.1, -0.05) is 29.8 Å². The number of allylic oxidation sites excluding steroid dienone is 1. The lowest BCUT2D eigenvalue weighted by atomic mass is 10.0. The molecule has 1 heterocycles. The van der Waals surface area contributed by atoms with Gasteiger partial charge in [0.25, 0.3) is 0 Å². The van der Waals surface area contributed by atoms with E-state index in [-0.39, 0.29) is 0 Å². The number of benzene rings is 1. The minimum atomic E-state index is 0.567. The van der Waals surface area contributed by atoms with E-state index in [4.69, 9.17) is 16.3 Å². The van der Waals surface area contributed by atoms with Crippen LogP contribution in [-0.4, -0.2) is 18.3 Å². The van der Waals surface area contributed by atoms with E-state index >= 15 is 0 Å². The van der Waals surface area contributed by atoms with Gasteiger partial charge in [0.1, 0.15) is 0 Å². The van der Waals surface area contributed by atoms with Crippen molar-refractivity contribution in [3.8, 4) is 6.07 Å². The molecule has 0 unspecified atom stereocenters. The van der Waals surface area contributed by atoms with Crippen molar-refractivity contribution in [1.82, 2.24) is 4.57 Å². The van der Waals surface area contributed by atoms with Crippen LogP contribution < -0.4 is 0 Å². The molecular weight excluding hydrogens is 296 g/mol. The molecule has 4 heteroatoms. The summed E-state index contributed by atoms with van der Waals surface area (Å²) in [4.78, 5) is 0. The Bertz CT molecular complexity index is 738. The van der Waals surface area contributed by atoms with Crippen LogP contribution in [0.5, 0.6) is 0 Å². The van der Waals surface area contributed by atoms with Gasteiger partial charge in [-0.15, -0.1) is 0 Å². The SMILES string of the molecule is COCCn1c(C)cc(C=C(C#N)c2ccccc2Cl)c1C. The lowest BCUT2D eigenvalue weighted by Gasteiger charge is -2.08. The number of halogens is 1. The maximum absolute atomic E-state index is 9.47. The molecule has 3 nitrogen and oxygen atoms in total. The fourth-order valence-corrected chi connectivity index (χ4v) is 2.74. The molecule has 0 spiro atoms. The van der Waals surface area contributed by atoms with Crippen LogP contribution in [0.3, 0.4) is 0 Å². The number of methoxy groups -OCH3 is 1. The van der Waals surface area contributed by atoms with Crippen molar-refractivity contribution >= 4 is 23.3 Å². The molecule has 2 aromatic rings. The first-order valence-corrected chi connectivity index (χ1v) is 7.48. The smallest absolute Gasteiger partial charge is 0.0998 e. The van der Waals surface area contributed by atoms with Crippen LogP contribution in [0.25, 0.3) is 11.6 Å². The number of ether oxygens (including phenoxy) is 1. The Balaban J connectivity index is 2.44. The number of hydrogen-bond acceptors (Lipinski definition) is 2. The molecule has 0 fully saturated rings. The van der Waals surface area contributed by atoms with Crippen molar-refractivity contribution in [3.05, 3.63) is 57.9 Å². The van der Waals surface area contributed by atoms with Crippen LogP contribution in [0.1, 0.15) is 22.5 Å². The van der Waals surface area contributed by atoms with E-state index in [0.29, 0.717) is 17.2 Å². The highest BCUT2D eigenvalue weighted by atomic mass is 35.5. The molecule has 0 amide bonds. The molecule has 0 N–H and O–H groups in total. The van der Waals surface area contributed by atoms with Crippen LogP contribution in [0, 0.1) is 25.2 Å². The molecule has 0 radical (unpaired) electrons. The van der Waals surface area contributed by atoms with E-state index in [1.807, 2.05) is 24.3 Å². The number of nitriles is 1. The summed E-state index contributed by atoms with van der Waals surface area (Å²) in [7, 11) is 1.69. The molecule has 22 heavy (non-hydrogen) atoms. The average molecular weight is 315 g/mol. The molecule has 0 bridgehead atoms. The number of hydrogen-bond donors (Lipinski definition) is 0. The Morgan fingerprint density at radius 1 is 1.36 bits per heavy atom. The third-order valence-electron chi connectivity index (χ3n) is 3.72. The van der Waals surface area contributed by atoms with Crippen molar-refractivity contribution < 1.29 is 4.74 Å². The van der Waals surface area contributed by atoms with E-state index in [0.717, 1.165) is 29.1 Å². The largest absolute Gasteiger partial charge is 0.383 e. The zero-order valence-electron chi connectivity index (χ0n) is 13.1. The van der Waals surface area contributed by atoms with Crippen molar-refractivity contribution in [2.75, 3.05) is 13.7 Å². The molecule has 0 saturated carbocycles.